The first kappa shape index (κ1) is 11.7. The topological polar surface area (TPSA) is 92.6 Å². The fourth-order valence-electron chi connectivity index (χ4n) is 2.02. The molecule has 0 aromatic heterocycles. The minimum Gasteiger partial charge on any atom is -0.490 e. The van der Waals surface area contributed by atoms with E-state index >= 15 is 0 Å². The number of fused-ring (bicyclic) bond motifs is 1. The van der Waals surface area contributed by atoms with E-state index in [1.54, 1.807) is 0 Å². The van der Waals surface area contributed by atoms with Crippen LogP contribution in [0.25, 0.3) is 0 Å². The second kappa shape index (κ2) is 5.09. The molecule has 0 radical (unpaired) electrons. The van der Waals surface area contributed by atoms with Crippen LogP contribution in [0.3, 0.4) is 0 Å². The predicted octanol–water partition coefficient (Wildman–Crippen LogP) is -0.709. The van der Waals surface area contributed by atoms with E-state index in [1.165, 1.54) is 0 Å². The fraction of sp³-hybridized carbons (Fsp3) is 0.455. The molecule has 1 atom stereocenters. The van der Waals surface area contributed by atoms with Gasteiger partial charge < -0.3 is 15.2 Å². The quantitative estimate of drug-likeness (QED) is 0.474. The summed E-state index contributed by atoms with van der Waals surface area (Å²) in [6, 6.07) is 5.60. The number of hydrogen-bond acceptors (Lipinski definition) is 7. The molecule has 3 rings (SSSR count). The Morgan fingerprint density at radius 2 is 1.83 bits per heavy atom. The second-order valence-corrected chi connectivity index (χ2v) is 4.30. The van der Waals surface area contributed by atoms with Crippen molar-refractivity contribution in [1.29, 1.82) is 0 Å². The van der Waals surface area contributed by atoms with Crippen molar-refractivity contribution in [3.05, 3.63) is 23.8 Å². The van der Waals surface area contributed by atoms with Crippen molar-refractivity contribution in [1.82, 2.24) is 21.9 Å². The van der Waals surface area contributed by atoms with Gasteiger partial charge in [0.25, 0.3) is 0 Å². The van der Waals surface area contributed by atoms with Crippen LogP contribution in [0.1, 0.15) is 18.0 Å². The molecule has 1 aromatic carbocycles. The van der Waals surface area contributed by atoms with Crippen LogP contribution in [0.2, 0.25) is 0 Å². The lowest BCUT2D eigenvalue weighted by atomic mass is 10.0. The molecule has 7 heteroatoms. The number of nitrogens with two attached hydrogens (primary N) is 1. The molecular weight excluding hydrogens is 234 g/mol. The molecule has 1 fully saturated rings. The fourth-order valence-corrected chi connectivity index (χ4v) is 2.02. The van der Waals surface area contributed by atoms with Crippen molar-refractivity contribution in [3.8, 4) is 11.5 Å². The SMILES string of the molecule is NC(c1ccc2c(c1)OCCCO2)C1NNNN1. The third kappa shape index (κ3) is 2.26. The van der Waals surface area contributed by atoms with Gasteiger partial charge in [0, 0.05) is 6.42 Å². The first-order valence-electron chi connectivity index (χ1n) is 6.01. The molecule has 6 N–H and O–H groups in total. The number of benzene rings is 1. The van der Waals surface area contributed by atoms with Crippen molar-refractivity contribution in [2.45, 2.75) is 18.6 Å². The highest BCUT2D eigenvalue weighted by Gasteiger charge is 2.23. The Kier molecular flexibility index (Phi) is 3.31. The lowest BCUT2D eigenvalue weighted by molar-refractivity contribution is 0.297. The Morgan fingerprint density at radius 1 is 1.11 bits per heavy atom. The summed E-state index contributed by atoms with van der Waals surface area (Å²) in [5.41, 5.74) is 18.6. The molecule has 0 saturated carbocycles. The van der Waals surface area contributed by atoms with Crippen LogP contribution in [-0.2, 0) is 0 Å². The van der Waals surface area contributed by atoms with Gasteiger partial charge in [-0.15, -0.1) is 0 Å². The molecule has 18 heavy (non-hydrogen) atoms. The van der Waals surface area contributed by atoms with Crippen LogP contribution in [0.5, 0.6) is 11.5 Å². The van der Waals surface area contributed by atoms with Gasteiger partial charge in [0.15, 0.2) is 11.5 Å². The van der Waals surface area contributed by atoms with Crippen LogP contribution in [0, 0.1) is 0 Å². The highest BCUT2D eigenvalue weighted by atomic mass is 16.5. The number of rotatable bonds is 2. The molecule has 2 aliphatic heterocycles. The van der Waals surface area contributed by atoms with Gasteiger partial charge in [-0.2, -0.15) is 11.1 Å². The summed E-state index contributed by atoms with van der Waals surface area (Å²) in [6.45, 7) is 1.37. The summed E-state index contributed by atoms with van der Waals surface area (Å²) in [6.07, 6.45) is 0.810. The third-order valence-corrected chi connectivity index (χ3v) is 3.03. The van der Waals surface area contributed by atoms with E-state index in [4.69, 9.17) is 15.2 Å². The maximum atomic E-state index is 6.17. The summed E-state index contributed by atoms with van der Waals surface area (Å²) in [5, 5.41) is 0. The van der Waals surface area contributed by atoms with E-state index in [1.807, 2.05) is 18.2 Å². The van der Waals surface area contributed by atoms with Crippen molar-refractivity contribution >= 4 is 0 Å². The van der Waals surface area contributed by atoms with Crippen molar-refractivity contribution < 1.29 is 9.47 Å². The molecule has 1 aromatic rings. The van der Waals surface area contributed by atoms with E-state index in [0.29, 0.717) is 13.2 Å². The average Bonchev–Trinajstić information content (AvgIpc) is 2.83. The van der Waals surface area contributed by atoms with Crippen LogP contribution in [0.4, 0.5) is 0 Å². The summed E-state index contributed by atoms with van der Waals surface area (Å²) in [4.78, 5) is 0. The average molecular weight is 251 g/mol. The Hall–Kier alpha value is -1.38. The smallest absolute Gasteiger partial charge is 0.161 e. The minimum absolute atomic E-state index is 0.0882. The van der Waals surface area contributed by atoms with Crippen LogP contribution < -0.4 is 37.1 Å². The summed E-state index contributed by atoms with van der Waals surface area (Å²) in [7, 11) is 0. The standard InChI is InChI=1S/C11H17N5O2/c12-10(11-13-15-16-14-11)7-2-3-8-9(6-7)18-5-1-4-17-8/h2-3,6,10-11,13-16H,1,4-5,12H2. The monoisotopic (exact) mass is 251 g/mol. The van der Waals surface area contributed by atoms with Crippen molar-refractivity contribution in [2.75, 3.05) is 13.2 Å². The molecule has 7 nitrogen and oxygen atoms in total. The Balaban J connectivity index is 1.82. The number of hydrazine groups is 3. The largest absolute Gasteiger partial charge is 0.490 e. The Labute approximate surface area is 105 Å². The van der Waals surface area contributed by atoms with E-state index in [2.05, 4.69) is 21.9 Å². The van der Waals surface area contributed by atoms with E-state index < -0.39 is 0 Å². The Bertz CT molecular complexity index is 422. The predicted molar refractivity (Wildman–Crippen MR) is 65.3 cm³/mol. The van der Waals surface area contributed by atoms with Gasteiger partial charge in [-0.25, -0.2) is 10.9 Å². The number of hydrogen-bond donors (Lipinski definition) is 5. The molecule has 2 aliphatic rings. The zero-order chi connectivity index (χ0) is 12.4. The summed E-state index contributed by atoms with van der Waals surface area (Å²) >= 11 is 0. The van der Waals surface area contributed by atoms with Crippen LogP contribution >= 0.6 is 0 Å². The Morgan fingerprint density at radius 3 is 2.61 bits per heavy atom. The molecule has 2 heterocycles. The normalized spacial score (nSPS) is 21.6. The second-order valence-electron chi connectivity index (χ2n) is 4.30. The molecule has 1 unspecified atom stereocenters. The maximum Gasteiger partial charge on any atom is 0.161 e. The first-order valence-corrected chi connectivity index (χ1v) is 6.01. The van der Waals surface area contributed by atoms with E-state index in [0.717, 1.165) is 23.5 Å². The van der Waals surface area contributed by atoms with Gasteiger partial charge in [0.2, 0.25) is 0 Å². The van der Waals surface area contributed by atoms with Gasteiger partial charge in [0.05, 0.1) is 19.3 Å². The van der Waals surface area contributed by atoms with Gasteiger partial charge >= 0.3 is 0 Å². The summed E-state index contributed by atoms with van der Waals surface area (Å²) in [5.74, 6) is 1.55. The lowest BCUT2D eigenvalue weighted by Crippen LogP contribution is -2.43. The van der Waals surface area contributed by atoms with Gasteiger partial charge in [-0.05, 0) is 17.7 Å². The summed E-state index contributed by atoms with van der Waals surface area (Å²) < 4.78 is 11.2. The van der Waals surface area contributed by atoms with Gasteiger partial charge in [-0.3, -0.25) is 0 Å². The molecular formula is C11H17N5O2. The van der Waals surface area contributed by atoms with Gasteiger partial charge in [-0.1, -0.05) is 6.07 Å². The third-order valence-electron chi connectivity index (χ3n) is 3.03. The minimum atomic E-state index is -0.204. The zero-order valence-corrected chi connectivity index (χ0v) is 9.90. The number of nitrogens with one attached hydrogen (secondary N) is 4. The van der Waals surface area contributed by atoms with Crippen molar-refractivity contribution in [2.24, 2.45) is 5.73 Å². The highest BCUT2D eigenvalue weighted by Crippen LogP contribution is 2.32. The molecule has 1 saturated heterocycles. The first-order chi connectivity index (χ1) is 8.84. The molecule has 0 spiro atoms. The maximum absolute atomic E-state index is 6.17. The lowest BCUT2D eigenvalue weighted by Gasteiger charge is -2.19. The van der Waals surface area contributed by atoms with E-state index in [-0.39, 0.29) is 12.2 Å². The van der Waals surface area contributed by atoms with Crippen molar-refractivity contribution in [3.63, 3.8) is 0 Å². The molecule has 0 aliphatic carbocycles. The number of ether oxygens (including phenoxy) is 2. The molecule has 0 amide bonds. The van der Waals surface area contributed by atoms with E-state index in [9.17, 15) is 0 Å². The van der Waals surface area contributed by atoms with Crippen LogP contribution in [0.15, 0.2) is 18.2 Å². The highest BCUT2D eigenvalue weighted by molar-refractivity contribution is 5.44. The van der Waals surface area contributed by atoms with Crippen LogP contribution in [-0.4, -0.2) is 19.4 Å². The molecule has 0 bridgehead atoms. The van der Waals surface area contributed by atoms with Gasteiger partial charge in [0.1, 0.15) is 6.17 Å². The molecule has 98 valence electrons. The zero-order valence-electron chi connectivity index (χ0n) is 9.90.